The predicted molar refractivity (Wildman–Crippen MR) is 100 cm³/mol. The molecule has 1 atom stereocenters. The number of halogens is 2. The first-order chi connectivity index (χ1) is 13.4. The summed E-state index contributed by atoms with van der Waals surface area (Å²) >= 11 is 0. The molecular formula is C19H20F2N4O3. The molecule has 148 valence electrons. The SMILES string of the molecule is CC(C)N/N=C/c1ccc(-c2c(F)cc(N3C[C@H](CO)OC3=O)cc2F)cn1. The van der Waals surface area contributed by atoms with Crippen LogP contribution in [0, 0.1) is 11.6 Å². The Kier molecular flexibility index (Phi) is 5.84. The van der Waals surface area contributed by atoms with Crippen LogP contribution in [0.1, 0.15) is 19.5 Å². The summed E-state index contributed by atoms with van der Waals surface area (Å²) < 4.78 is 34.1. The third kappa shape index (κ3) is 4.25. The number of amides is 1. The first kappa shape index (κ1) is 19.7. The van der Waals surface area contributed by atoms with Gasteiger partial charge in [-0.2, -0.15) is 5.10 Å². The third-order valence-electron chi connectivity index (χ3n) is 4.02. The Hall–Kier alpha value is -3.07. The maximum atomic E-state index is 14.6. The molecule has 1 amide bonds. The zero-order valence-corrected chi connectivity index (χ0v) is 15.4. The van der Waals surface area contributed by atoms with E-state index in [-0.39, 0.29) is 36.0 Å². The highest BCUT2D eigenvalue weighted by molar-refractivity contribution is 5.90. The Morgan fingerprint density at radius 2 is 2.11 bits per heavy atom. The van der Waals surface area contributed by atoms with Gasteiger partial charge >= 0.3 is 6.09 Å². The number of hydrogen-bond donors (Lipinski definition) is 2. The number of ether oxygens (including phenoxy) is 1. The summed E-state index contributed by atoms with van der Waals surface area (Å²) in [6.45, 7) is 3.54. The molecule has 0 aliphatic carbocycles. The van der Waals surface area contributed by atoms with Crippen LogP contribution in [0.3, 0.4) is 0 Å². The van der Waals surface area contributed by atoms with Crippen molar-refractivity contribution in [3.05, 3.63) is 47.8 Å². The molecule has 0 unspecified atom stereocenters. The van der Waals surface area contributed by atoms with Gasteiger partial charge < -0.3 is 15.3 Å². The predicted octanol–water partition coefficient (Wildman–Crippen LogP) is 2.68. The number of aliphatic hydroxyl groups is 1. The fourth-order valence-electron chi connectivity index (χ4n) is 2.70. The van der Waals surface area contributed by atoms with E-state index in [4.69, 9.17) is 9.84 Å². The minimum atomic E-state index is -0.833. The van der Waals surface area contributed by atoms with Crippen LogP contribution in [-0.4, -0.2) is 47.7 Å². The minimum Gasteiger partial charge on any atom is -0.441 e. The Morgan fingerprint density at radius 1 is 1.39 bits per heavy atom. The van der Waals surface area contributed by atoms with Gasteiger partial charge in [0.1, 0.15) is 17.7 Å². The molecule has 3 rings (SSSR count). The second-order valence-electron chi connectivity index (χ2n) is 6.60. The quantitative estimate of drug-likeness (QED) is 0.585. The smallest absolute Gasteiger partial charge is 0.414 e. The number of cyclic esters (lactones) is 1. The van der Waals surface area contributed by atoms with Crippen molar-refractivity contribution in [2.24, 2.45) is 5.10 Å². The maximum Gasteiger partial charge on any atom is 0.414 e. The lowest BCUT2D eigenvalue weighted by molar-refractivity contribution is 0.0963. The molecule has 1 aliphatic rings. The van der Waals surface area contributed by atoms with Gasteiger partial charge in [-0.25, -0.2) is 13.6 Å². The highest BCUT2D eigenvalue weighted by Gasteiger charge is 2.32. The van der Waals surface area contributed by atoms with Gasteiger partial charge in [-0.3, -0.25) is 9.88 Å². The average molecular weight is 390 g/mol. The number of anilines is 1. The molecule has 28 heavy (non-hydrogen) atoms. The molecule has 1 aromatic carbocycles. The number of benzene rings is 1. The number of rotatable bonds is 6. The molecule has 0 spiro atoms. The molecule has 7 nitrogen and oxygen atoms in total. The first-order valence-corrected chi connectivity index (χ1v) is 8.72. The molecule has 1 saturated heterocycles. The zero-order chi connectivity index (χ0) is 20.3. The van der Waals surface area contributed by atoms with E-state index in [0.29, 0.717) is 5.69 Å². The standard InChI is InChI=1S/C19H20F2N4O3/c1-11(2)24-23-8-13-4-3-12(7-22-13)18-16(20)5-14(6-17(18)21)25-9-15(10-26)28-19(25)27/h3-8,11,15,24,26H,9-10H2,1-2H3/b23-8+/t15-/m1/s1. The fourth-order valence-corrected chi connectivity index (χ4v) is 2.70. The monoisotopic (exact) mass is 390 g/mol. The first-order valence-electron chi connectivity index (χ1n) is 8.72. The van der Waals surface area contributed by atoms with Crippen molar-refractivity contribution < 1.29 is 23.4 Å². The molecule has 0 radical (unpaired) electrons. The lowest BCUT2D eigenvalue weighted by Gasteiger charge is -2.15. The highest BCUT2D eigenvalue weighted by Crippen LogP contribution is 2.31. The van der Waals surface area contributed by atoms with Gasteiger partial charge in [-0.15, -0.1) is 0 Å². The van der Waals surface area contributed by atoms with E-state index in [2.05, 4.69) is 15.5 Å². The van der Waals surface area contributed by atoms with Gasteiger partial charge in [0.05, 0.1) is 36.3 Å². The van der Waals surface area contributed by atoms with Crippen LogP contribution in [-0.2, 0) is 4.74 Å². The second-order valence-corrected chi connectivity index (χ2v) is 6.60. The van der Waals surface area contributed by atoms with Crippen LogP contribution in [0.2, 0.25) is 0 Å². The minimum absolute atomic E-state index is 0.0214. The fraction of sp³-hybridized carbons (Fsp3) is 0.316. The Morgan fingerprint density at radius 3 is 2.64 bits per heavy atom. The van der Waals surface area contributed by atoms with Crippen molar-refractivity contribution in [2.45, 2.75) is 26.0 Å². The van der Waals surface area contributed by atoms with Crippen molar-refractivity contribution in [3.8, 4) is 11.1 Å². The molecule has 2 N–H and O–H groups in total. The zero-order valence-electron chi connectivity index (χ0n) is 15.4. The van der Waals surface area contributed by atoms with Gasteiger partial charge in [-0.1, -0.05) is 6.07 Å². The lowest BCUT2D eigenvalue weighted by atomic mass is 10.0. The number of pyridine rings is 1. The Labute approximate surface area is 160 Å². The summed E-state index contributed by atoms with van der Waals surface area (Å²) in [6.07, 6.45) is 1.38. The second kappa shape index (κ2) is 8.30. The van der Waals surface area contributed by atoms with Gasteiger partial charge in [-0.05, 0) is 32.0 Å². The number of aromatic nitrogens is 1. The van der Waals surface area contributed by atoms with Crippen molar-refractivity contribution >= 4 is 18.0 Å². The Balaban J connectivity index is 1.83. The highest BCUT2D eigenvalue weighted by atomic mass is 19.1. The van der Waals surface area contributed by atoms with E-state index < -0.39 is 23.8 Å². The summed E-state index contributed by atoms with van der Waals surface area (Å²) in [6, 6.07) is 5.43. The number of carbonyl (C=O) groups excluding carboxylic acids is 1. The topological polar surface area (TPSA) is 87.0 Å². The van der Waals surface area contributed by atoms with E-state index in [0.717, 1.165) is 17.0 Å². The number of nitrogens with one attached hydrogen (secondary N) is 1. The molecule has 9 heteroatoms. The van der Waals surface area contributed by atoms with Crippen LogP contribution in [0.25, 0.3) is 11.1 Å². The van der Waals surface area contributed by atoms with E-state index in [1.54, 1.807) is 6.07 Å². The van der Waals surface area contributed by atoms with Crippen LogP contribution < -0.4 is 10.3 Å². The normalized spacial score (nSPS) is 16.9. The van der Waals surface area contributed by atoms with E-state index in [1.807, 2.05) is 13.8 Å². The molecule has 2 heterocycles. The van der Waals surface area contributed by atoms with Gasteiger partial charge in [0.25, 0.3) is 0 Å². The molecular weight excluding hydrogens is 370 g/mol. The van der Waals surface area contributed by atoms with E-state index in [1.165, 1.54) is 18.5 Å². The van der Waals surface area contributed by atoms with Crippen molar-refractivity contribution in [1.82, 2.24) is 10.4 Å². The van der Waals surface area contributed by atoms with E-state index >= 15 is 0 Å². The molecule has 1 aliphatic heterocycles. The third-order valence-corrected chi connectivity index (χ3v) is 4.02. The van der Waals surface area contributed by atoms with Crippen LogP contribution >= 0.6 is 0 Å². The summed E-state index contributed by atoms with van der Waals surface area (Å²) in [4.78, 5) is 17.0. The molecule has 1 fully saturated rings. The van der Waals surface area contributed by atoms with Gasteiger partial charge in [0.2, 0.25) is 0 Å². The Bertz CT molecular complexity index is 864. The summed E-state index contributed by atoms with van der Waals surface area (Å²) in [5, 5.41) is 13.1. The number of aliphatic hydroxyl groups excluding tert-OH is 1. The number of hydrazone groups is 1. The largest absolute Gasteiger partial charge is 0.441 e. The molecule has 0 saturated carbocycles. The van der Waals surface area contributed by atoms with Crippen molar-refractivity contribution in [1.29, 1.82) is 0 Å². The number of hydrogen-bond acceptors (Lipinski definition) is 6. The summed E-state index contributed by atoms with van der Waals surface area (Å²) in [5.74, 6) is -1.67. The average Bonchev–Trinajstić information content (AvgIpc) is 3.03. The van der Waals surface area contributed by atoms with Crippen LogP contribution in [0.5, 0.6) is 0 Å². The van der Waals surface area contributed by atoms with E-state index in [9.17, 15) is 13.6 Å². The van der Waals surface area contributed by atoms with Crippen LogP contribution in [0.4, 0.5) is 19.3 Å². The molecule has 1 aromatic heterocycles. The summed E-state index contributed by atoms with van der Waals surface area (Å²) in [7, 11) is 0. The van der Waals surface area contributed by atoms with Crippen LogP contribution in [0.15, 0.2) is 35.6 Å². The lowest BCUT2D eigenvalue weighted by Crippen LogP contribution is -2.25. The van der Waals surface area contributed by atoms with Crippen molar-refractivity contribution in [2.75, 3.05) is 18.1 Å². The van der Waals surface area contributed by atoms with Crippen molar-refractivity contribution in [3.63, 3.8) is 0 Å². The maximum absolute atomic E-state index is 14.6. The number of carbonyl (C=O) groups is 1. The van der Waals surface area contributed by atoms with Gasteiger partial charge in [0, 0.05) is 17.8 Å². The van der Waals surface area contributed by atoms with Gasteiger partial charge in [0.15, 0.2) is 0 Å². The number of nitrogens with zero attached hydrogens (tertiary/aromatic N) is 3. The summed E-state index contributed by atoms with van der Waals surface area (Å²) in [5.41, 5.74) is 3.42. The molecule has 2 aromatic rings. The molecule has 0 bridgehead atoms.